The molecule has 0 radical (unpaired) electrons. The normalized spacial score (nSPS) is 31.3. The zero-order valence-electron chi connectivity index (χ0n) is 16.4. The molecule has 0 saturated carbocycles. The second-order valence-corrected chi connectivity index (χ2v) is 7.31. The first-order valence-corrected chi connectivity index (χ1v) is 9.51. The van der Waals surface area contributed by atoms with E-state index in [0.29, 0.717) is 5.71 Å². The summed E-state index contributed by atoms with van der Waals surface area (Å²) in [5.41, 5.74) is 1.99. The fourth-order valence-electron chi connectivity index (χ4n) is 4.90. The van der Waals surface area contributed by atoms with Gasteiger partial charge in [0, 0.05) is 17.5 Å². The molecule has 1 heterocycles. The van der Waals surface area contributed by atoms with Gasteiger partial charge in [0.05, 0.1) is 24.7 Å². The van der Waals surface area contributed by atoms with Gasteiger partial charge in [0.25, 0.3) is 0 Å². The smallest absolute Gasteiger partial charge is 0.315 e. The maximum absolute atomic E-state index is 13.0. The van der Waals surface area contributed by atoms with Crippen LogP contribution in [0.25, 0.3) is 0 Å². The van der Waals surface area contributed by atoms with Gasteiger partial charge in [0.2, 0.25) is 0 Å². The minimum Gasteiger partial charge on any atom is -0.466 e. The summed E-state index contributed by atoms with van der Waals surface area (Å²) in [6, 6.07) is 7.93. The molecule has 1 aliphatic heterocycles. The summed E-state index contributed by atoms with van der Waals surface area (Å²) in [4.78, 5) is 30.8. The number of benzene rings is 1. The molecule has 0 aromatic heterocycles. The molecular formula is C22H27NO4. The summed E-state index contributed by atoms with van der Waals surface area (Å²) in [6.07, 6.45) is 1.85. The van der Waals surface area contributed by atoms with Crippen LogP contribution in [0.4, 0.5) is 0 Å². The Bertz CT molecular complexity index is 799. The fourth-order valence-corrected chi connectivity index (χ4v) is 4.90. The lowest BCUT2D eigenvalue weighted by Crippen LogP contribution is -2.57. The van der Waals surface area contributed by atoms with Crippen LogP contribution in [0.2, 0.25) is 0 Å². The molecule has 2 bridgehead atoms. The van der Waals surface area contributed by atoms with Crippen LogP contribution in [0.15, 0.2) is 41.9 Å². The molecule has 2 aliphatic rings. The molecule has 5 unspecified atom stereocenters. The number of ether oxygens (including phenoxy) is 2. The number of nitrogens with zero attached hydrogens (tertiary/aromatic N) is 1. The molecule has 0 fully saturated rings. The minimum atomic E-state index is -0.750. The van der Waals surface area contributed by atoms with Crippen LogP contribution < -0.4 is 0 Å². The highest BCUT2D eigenvalue weighted by molar-refractivity contribution is 6.04. The average molecular weight is 369 g/mol. The van der Waals surface area contributed by atoms with Gasteiger partial charge in [0.15, 0.2) is 0 Å². The molecule has 3 rings (SSSR count). The minimum absolute atomic E-state index is 0.141. The number of hydrogen-bond acceptors (Lipinski definition) is 5. The van der Waals surface area contributed by atoms with Crippen molar-refractivity contribution in [1.29, 1.82) is 0 Å². The lowest BCUT2D eigenvalue weighted by molar-refractivity contribution is -0.155. The van der Waals surface area contributed by atoms with Crippen molar-refractivity contribution >= 4 is 17.7 Å². The zero-order chi connectivity index (χ0) is 19.8. The highest BCUT2D eigenvalue weighted by atomic mass is 16.5. The second kappa shape index (κ2) is 7.29. The van der Waals surface area contributed by atoms with E-state index in [1.165, 1.54) is 0 Å². The standard InChI is InChI=1S/C22H27NO4/c1-6-16-14-11-9-10-12-15(14)18-17(20(24)26-7-2)13(4)23-22(16,5)19(18)21(25)27-8-3/h6,9-12,16-19H,1,7-8H2,2-5H3. The van der Waals surface area contributed by atoms with E-state index in [4.69, 9.17) is 14.5 Å². The first-order chi connectivity index (χ1) is 12.9. The quantitative estimate of drug-likeness (QED) is 0.587. The number of rotatable bonds is 5. The van der Waals surface area contributed by atoms with Crippen LogP contribution in [0.1, 0.15) is 50.7 Å². The first-order valence-electron chi connectivity index (χ1n) is 9.51. The predicted molar refractivity (Wildman–Crippen MR) is 104 cm³/mol. The lowest BCUT2D eigenvalue weighted by Gasteiger charge is -2.52. The molecule has 0 amide bonds. The van der Waals surface area contributed by atoms with Crippen molar-refractivity contribution in [3.8, 4) is 0 Å². The van der Waals surface area contributed by atoms with Gasteiger partial charge in [-0.25, -0.2) is 0 Å². The van der Waals surface area contributed by atoms with Gasteiger partial charge in [-0.3, -0.25) is 14.6 Å². The van der Waals surface area contributed by atoms with Crippen molar-refractivity contribution in [2.24, 2.45) is 16.8 Å². The van der Waals surface area contributed by atoms with Crippen molar-refractivity contribution in [2.75, 3.05) is 13.2 Å². The van der Waals surface area contributed by atoms with E-state index in [9.17, 15) is 9.59 Å². The van der Waals surface area contributed by atoms with Gasteiger partial charge in [-0.15, -0.1) is 6.58 Å². The largest absolute Gasteiger partial charge is 0.466 e. The Morgan fingerprint density at radius 1 is 1.15 bits per heavy atom. The van der Waals surface area contributed by atoms with Crippen LogP contribution in [0.5, 0.6) is 0 Å². The van der Waals surface area contributed by atoms with Crippen LogP contribution in [-0.2, 0) is 19.1 Å². The molecular weight excluding hydrogens is 342 g/mol. The van der Waals surface area contributed by atoms with E-state index in [0.717, 1.165) is 11.1 Å². The molecule has 1 aromatic carbocycles. The van der Waals surface area contributed by atoms with Crippen LogP contribution in [0.3, 0.4) is 0 Å². The first kappa shape index (κ1) is 19.3. The van der Waals surface area contributed by atoms with E-state index >= 15 is 0 Å². The molecule has 1 aromatic rings. The number of fused-ring (bicyclic) bond motifs is 4. The van der Waals surface area contributed by atoms with Crippen molar-refractivity contribution in [1.82, 2.24) is 0 Å². The Morgan fingerprint density at radius 3 is 2.33 bits per heavy atom. The van der Waals surface area contributed by atoms with Crippen molar-refractivity contribution in [2.45, 2.75) is 45.1 Å². The Hall–Kier alpha value is -2.43. The Labute approximate surface area is 160 Å². The molecule has 5 nitrogen and oxygen atoms in total. The summed E-state index contributed by atoms with van der Waals surface area (Å²) in [7, 11) is 0. The SMILES string of the molecule is C=CC1c2ccccc2C2C(C(=O)OCC)C(C)=NC1(C)C2C(=O)OCC. The number of carbonyl (C=O) groups excluding carboxylic acids is 2. The Morgan fingerprint density at radius 2 is 1.74 bits per heavy atom. The average Bonchev–Trinajstić information content (AvgIpc) is 2.61. The Kier molecular flexibility index (Phi) is 5.22. The lowest BCUT2D eigenvalue weighted by atomic mass is 9.55. The molecule has 5 atom stereocenters. The molecule has 0 N–H and O–H groups in total. The zero-order valence-corrected chi connectivity index (χ0v) is 16.4. The maximum Gasteiger partial charge on any atom is 0.315 e. The van der Waals surface area contributed by atoms with Gasteiger partial charge in [-0.05, 0) is 38.8 Å². The third-order valence-electron chi connectivity index (χ3n) is 5.85. The van der Waals surface area contributed by atoms with Crippen LogP contribution >= 0.6 is 0 Å². The summed E-state index contributed by atoms with van der Waals surface area (Å²) >= 11 is 0. The van der Waals surface area contributed by atoms with Gasteiger partial charge in [-0.1, -0.05) is 30.3 Å². The highest BCUT2D eigenvalue weighted by Crippen LogP contribution is 2.57. The maximum atomic E-state index is 13.0. The van der Waals surface area contributed by atoms with Crippen LogP contribution in [0, 0.1) is 11.8 Å². The number of esters is 2. The molecule has 1 aliphatic carbocycles. The van der Waals surface area contributed by atoms with E-state index in [1.807, 2.05) is 44.2 Å². The summed E-state index contributed by atoms with van der Waals surface area (Å²) < 4.78 is 10.8. The van der Waals surface area contributed by atoms with Crippen molar-refractivity contribution < 1.29 is 19.1 Å². The summed E-state index contributed by atoms with van der Waals surface area (Å²) in [5, 5.41) is 0. The number of hydrogen-bond donors (Lipinski definition) is 0. The Balaban J connectivity index is 2.28. The third kappa shape index (κ3) is 2.89. The second-order valence-electron chi connectivity index (χ2n) is 7.31. The predicted octanol–water partition coefficient (Wildman–Crippen LogP) is 3.65. The number of carbonyl (C=O) groups is 2. The topological polar surface area (TPSA) is 65.0 Å². The van der Waals surface area contributed by atoms with Crippen molar-refractivity contribution in [3.05, 3.63) is 48.0 Å². The van der Waals surface area contributed by atoms with Crippen LogP contribution in [-0.4, -0.2) is 36.4 Å². The third-order valence-corrected chi connectivity index (χ3v) is 5.85. The molecule has 5 heteroatoms. The van der Waals surface area contributed by atoms with Crippen molar-refractivity contribution in [3.63, 3.8) is 0 Å². The summed E-state index contributed by atoms with van der Waals surface area (Å²) in [5.74, 6) is -2.34. The van der Waals surface area contributed by atoms with E-state index in [2.05, 4.69) is 6.58 Å². The van der Waals surface area contributed by atoms with Gasteiger partial charge in [-0.2, -0.15) is 0 Å². The molecule has 0 spiro atoms. The fraction of sp³-hybridized carbons (Fsp3) is 0.500. The van der Waals surface area contributed by atoms with Gasteiger partial charge >= 0.3 is 11.9 Å². The van der Waals surface area contributed by atoms with Gasteiger partial charge in [0.1, 0.15) is 5.92 Å². The van der Waals surface area contributed by atoms with Gasteiger partial charge < -0.3 is 9.47 Å². The summed E-state index contributed by atoms with van der Waals surface area (Å²) in [6.45, 7) is 12.0. The van der Waals surface area contributed by atoms with E-state index in [-0.39, 0.29) is 37.0 Å². The number of aliphatic imine (C=N–C) groups is 1. The monoisotopic (exact) mass is 369 g/mol. The molecule has 27 heavy (non-hydrogen) atoms. The molecule has 144 valence electrons. The highest BCUT2D eigenvalue weighted by Gasteiger charge is 2.60. The van der Waals surface area contributed by atoms with E-state index in [1.54, 1.807) is 13.8 Å². The van der Waals surface area contributed by atoms with E-state index < -0.39 is 17.4 Å². The molecule has 0 saturated heterocycles.